The van der Waals surface area contributed by atoms with Gasteiger partial charge >= 0.3 is 6.18 Å². The van der Waals surface area contributed by atoms with Gasteiger partial charge in [0.25, 0.3) is 0 Å². The molecule has 0 spiro atoms. The lowest BCUT2D eigenvalue weighted by Gasteiger charge is -2.34. The van der Waals surface area contributed by atoms with E-state index in [4.69, 9.17) is 4.74 Å². The molecular formula is C27H36F3NO. The largest absolute Gasteiger partial charge is 0.490 e. The van der Waals surface area contributed by atoms with Gasteiger partial charge in [-0.25, -0.2) is 0 Å². The molecule has 1 saturated heterocycles. The van der Waals surface area contributed by atoms with Crippen LogP contribution in [0.15, 0.2) is 30.3 Å². The van der Waals surface area contributed by atoms with Gasteiger partial charge in [0, 0.05) is 6.04 Å². The molecule has 1 aliphatic carbocycles. The van der Waals surface area contributed by atoms with Crippen molar-refractivity contribution in [3.05, 3.63) is 41.5 Å². The van der Waals surface area contributed by atoms with E-state index in [2.05, 4.69) is 18.7 Å². The summed E-state index contributed by atoms with van der Waals surface area (Å²) in [7, 11) is 0. The van der Waals surface area contributed by atoms with Crippen molar-refractivity contribution in [2.45, 2.75) is 90.0 Å². The molecule has 0 bridgehead atoms. The lowest BCUT2D eigenvalue weighted by molar-refractivity contribution is -0.138. The van der Waals surface area contributed by atoms with E-state index >= 15 is 0 Å². The van der Waals surface area contributed by atoms with Crippen molar-refractivity contribution in [3.63, 3.8) is 0 Å². The Morgan fingerprint density at radius 1 is 0.969 bits per heavy atom. The Hall–Kier alpha value is -1.75. The minimum Gasteiger partial charge on any atom is -0.490 e. The standard InChI is InChI=1S/C27H36F3NO/c1-3-19-8-13-22(14-9-19)32-25-15-12-20-10-11-21(18-23(20)26(25)27(28,29)30)24(4-2)31-16-6-5-7-17-31/h10-12,15,18-19,22,24H,3-9,13-14,16-17H2,1-2H3. The molecule has 2 aromatic carbocycles. The molecule has 1 unspecified atom stereocenters. The Kier molecular flexibility index (Phi) is 7.34. The van der Waals surface area contributed by atoms with E-state index in [0.29, 0.717) is 11.3 Å². The average molecular weight is 448 g/mol. The van der Waals surface area contributed by atoms with Crippen molar-refractivity contribution >= 4 is 10.8 Å². The highest BCUT2D eigenvalue weighted by Crippen LogP contribution is 2.43. The second kappa shape index (κ2) is 10.0. The lowest BCUT2D eigenvalue weighted by atomic mass is 9.86. The summed E-state index contributed by atoms with van der Waals surface area (Å²) >= 11 is 0. The number of piperidine rings is 1. The van der Waals surface area contributed by atoms with Crippen LogP contribution in [0.1, 0.15) is 88.8 Å². The first-order valence-corrected chi connectivity index (χ1v) is 12.4. The molecule has 0 N–H and O–H groups in total. The summed E-state index contributed by atoms with van der Waals surface area (Å²) in [5.74, 6) is 0.671. The van der Waals surface area contributed by atoms with Crippen molar-refractivity contribution < 1.29 is 17.9 Å². The van der Waals surface area contributed by atoms with Crippen LogP contribution in [0.5, 0.6) is 5.75 Å². The van der Waals surface area contributed by atoms with Gasteiger partial charge in [-0.15, -0.1) is 0 Å². The Morgan fingerprint density at radius 2 is 1.66 bits per heavy atom. The predicted molar refractivity (Wildman–Crippen MR) is 124 cm³/mol. The number of halogens is 3. The minimum absolute atomic E-state index is 0.00637. The van der Waals surface area contributed by atoms with Crippen molar-refractivity contribution in [1.82, 2.24) is 4.90 Å². The van der Waals surface area contributed by atoms with Crippen LogP contribution in [0.3, 0.4) is 0 Å². The first kappa shape index (κ1) is 23.4. The highest BCUT2D eigenvalue weighted by atomic mass is 19.4. The van der Waals surface area contributed by atoms with Crippen LogP contribution in [0.25, 0.3) is 10.8 Å². The Labute approximate surface area is 190 Å². The maximum atomic E-state index is 14.3. The van der Waals surface area contributed by atoms with Crippen molar-refractivity contribution in [1.29, 1.82) is 0 Å². The third kappa shape index (κ3) is 5.08. The van der Waals surface area contributed by atoms with E-state index in [9.17, 15) is 13.2 Å². The van der Waals surface area contributed by atoms with Crippen LogP contribution >= 0.6 is 0 Å². The van der Waals surface area contributed by atoms with Crippen LogP contribution < -0.4 is 4.74 Å². The molecule has 32 heavy (non-hydrogen) atoms. The predicted octanol–water partition coefficient (Wildman–Crippen LogP) is 8.14. The molecule has 1 heterocycles. The molecule has 4 rings (SSSR count). The molecule has 2 fully saturated rings. The van der Waals surface area contributed by atoms with Gasteiger partial charge in [-0.05, 0) is 92.4 Å². The van der Waals surface area contributed by atoms with Crippen LogP contribution in [-0.4, -0.2) is 24.1 Å². The smallest absolute Gasteiger partial charge is 0.420 e. The number of hydrogen-bond acceptors (Lipinski definition) is 2. The summed E-state index contributed by atoms with van der Waals surface area (Å²) in [5.41, 5.74) is 0.371. The maximum Gasteiger partial charge on any atom is 0.420 e. The molecule has 2 aromatic rings. The fourth-order valence-electron chi connectivity index (χ4n) is 5.69. The number of ether oxygens (including phenoxy) is 1. The van der Waals surface area contributed by atoms with E-state index < -0.39 is 11.7 Å². The van der Waals surface area contributed by atoms with Gasteiger partial charge in [0.1, 0.15) is 11.3 Å². The van der Waals surface area contributed by atoms with Crippen molar-refractivity contribution in [2.24, 2.45) is 5.92 Å². The van der Waals surface area contributed by atoms with E-state index in [0.717, 1.165) is 70.0 Å². The molecule has 2 nitrogen and oxygen atoms in total. The zero-order valence-corrected chi connectivity index (χ0v) is 19.4. The monoisotopic (exact) mass is 447 g/mol. The molecule has 0 radical (unpaired) electrons. The van der Waals surface area contributed by atoms with Gasteiger partial charge in [-0.3, -0.25) is 4.90 Å². The van der Waals surface area contributed by atoms with E-state index in [1.807, 2.05) is 12.1 Å². The lowest BCUT2D eigenvalue weighted by Crippen LogP contribution is -2.33. The van der Waals surface area contributed by atoms with Crippen molar-refractivity contribution in [2.75, 3.05) is 13.1 Å². The Morgan fingerprint density at radius 3 is 2.28 bits per heavy atom. The number of likely N-dealkylation sites (tertiary alicyclic amines) is 1. The molecular weight excluding hydrogens is 411 g/mol. The average Bonchev–Trinajstić information content (AvgIpc) is 2.79. The van der Waals surface area contributed by atoms with Gasteiger partial charge < -0.3 is 4.74 Å². The highest BCUT2D eigenvalue weighted by molar-refractivity contribution is 5.89. The highest BCUT2D eigenvalue weighted by Gasteiger charge is 2.38. The first-order valence-electron chi connectivity index (χ1n) is 12.4. The van der Waals surface area contributed by atoms with Gasteiger partial charge in [0.05, 0.1) is 6.10 Å². The summed E-state index contributed by atoms with van der Waals surface area (Å²) in [5, 5.41) is 0.891. The topological polar surface area (TPSA) is 12.5 Å². The normalized spacial score (nSPS) is 23.9. The van der Waals surface area contributed by atoms with E-state index in [1.54, 1.807) is 12.1 Å². The summed E-state index contributed by atoms with van der Waals surface area (Å²) in [4.78, 5) is 2.43. The van der Waals surface area contributed by atoms with E-state index in [-0.39, 0.29) is 23.3 Å². The third-order valence-electron chi connectivity index (χ3n) is 7.56. The minimum atomic E-state index is -4.46. The number of benzene rings is 2. The molecule has 0 aromatic heterocycles. The quantitative estimate of drug-likeness (QED) is 0.443. The second-order valence-corrected chi connectivity index (χ2v) is 9.61. The van der Waals surface area contributed by atoms with Gasteiger partial charge in [-0.1, -0.05) is 44.9 Å². The number of rotatable bonds is 6. The summed E-state index contributed by atoms with van der Waals surface area (Å²) in [6, 6.07) is 9.11. The number of hydrogen-bond donors (Lipinski definition) is 0. The molecule has 1 atom stereocenters. The maximum absolute atomic E-state index is 14.3. The van der Waals surface area contributed by atoms with E-state index in [1.165, 1.54) is 12.5 Å². The van der Waals surface area contributed by atoms with Crippen molar-refractivity contribution in [3.8, 4) is 5.75 Å². The summed E-state index contributed by atoms with van der Waals surface area (Å²) in [6.45, 7) is 6.35. The van der Waals surface area contributed by atoms with Gasteiger partial charge in [-0.2, -0.15) is 13.2 Å². The first-order chi connectivity index (χ1) is 15.4. The Bertz CT molecular complexity index is 896. The zero-order valence-electron chi connectivity index (χ0n) is 19.4. The fraction of sp³-hybridized carbons (Fsp3) is 0.630. The van der Waals surface area contributed by atoms with Crippen LogP contribution in [0.2, 0.25) is 0 Å². The van der Waals surface area contributed by atoms with Gasteiger partial charge in [0.15, 0.2) is 0 Å². The van der Waals surface area contributed by atoms with Crippen LogP contribution in [0.4, 0.5) is 13.2 Å². The molecule has 1 saturated carbocycles. The molecule has 5 heteroatoms. The zero-order chi connectivity index (χ0) is 22.7. The van der Waals surface area contributed by atoms with Crippen LogP contribution in [0, 0.1) is 5.92 Å². The second-order valence-electron chi connectivity index (χ2n) is 9.61. The molecule has 1 aliphatic heterocycles. The fourth-order valence-corrected chi connectivity index (χ4v) is 5.69. The SMILES string of the molecule is CCC1CCC(Oc2ccc3ccc(C(CC)N4CCCCC4)cc3c2C(F)(F)F)CC1. The number of fused-ring (bicyclic) bond motifs is 1. The number of alkyl halides is 3. The van der Waals surface area contributed by atoms with Crippen LogP contribution in [-0.2, 0) is 6.18 Å². The Balaban J connectivity index is 1.69. The molecule has 2 aliphatic rings. The summed E-state index contributed by atoms with van der Waals surface area (Å²) < 4.78 is 49.0. The third-order valence-corrected chi connectivity index (χ3v) is 7.56. The molecule has 0 amide bonds. The summed E-state index contributed by atoms with van der Waals surface area (Å²) in [6.07, 6.45) is 4.75. The van der Waals surface area contributed by atoms with Gasteiger partial charge in [0.2, 0.25) is 0 Å². The molecule has 176 valence electrons. The number of nitrogens with zero attached hydrogens (tertiary/aromatic N) is 1.